The molecule has 14 heavy (non-hydrogen) atoms. The van der Waals surface area contributed by atoms with Gasteiger partial charge in [0.1, 0.15) is 4.21 Å². The number of sulfonamides is 1. The van der Waals surface area contributed by atoms with Gasteiger partial charge in [-0.15, -0.1) is 11.3 Å². The molecule has 0 spiro atoms. The summed E-state index contributed by atoms with van der Waals surface area (Å²) in [5, 5.41) is 8.48. The van der Waals surface area contributed by atoms with Gasteiger partial charge in [-0.3, -0.25) is 0 Å². The third kappa shape index (κ3) is 3.21. The Balaban J connectivity index is 2.66. The van der Waals surface area contributed by atoms with Crippen molar-refractivity contribution in [3.05, 3.63) is 16.5 Å². The van der Waals surface area contributed by atoms with Gasteiger partial charge >= 0.3 is 0 Å². The lowest BCUT2D eigenvalue weighted by atomic mass is 10.5. The van der Waals surface area contributed by atoms with Crippen molar-refractivity contribution >= 4 is 33.0 Å². The highest BCUT2D eigenvalue weighted by Crippen LogP contribution is 2.25. The zero-order valence-electron chi connectivity index (χ0n) is 7.23. The molecular weight excluding hydrogens is 246 g/mol. The van der Waals surface area contributed by atoms with Crippen LogP contribution >= 0.6 is 22.9 Å². The van der Waals surface area contributed by atoms with E-state index in [1.54, 1.807) is 0 Å². The van der Waals surface area contributed by atoms with E-state index in [1.807, 2.05) is 0 Å². The van der Waals surface area contributed by atoms with Crippen LogP contribution in [0.3, 0.4) is 0 Å². The standard InChI is InChI=1S/C7H10ClNO3S2/c8-6-2-3-7(13-6)14(11,12)9-4-1-5-10/h2-3,9-10H,1,4-5H2. The molecule has 0 saturated carbocycles. The third-order valence-electron chi connectivity index (χ3n) is 1.44. The molecule has 1 rings (SSSR count). The maximum absolute atomic E-state index is 11.5. The van der Waals surface area contributed by atoms with E-state index in [9.17, 15) is 8.42 Å². The van der Waals surface area contributed by atoms with E-state index in [1.165, 1.54) is 12.1 Å². The lowest BCUT2D eigenvalue weighted by Crippen LogP contribution is -2.24. The van der Waals surface area contributed by atoms with Crippen molar-refractivity contribution in [3.8, 4) is 0 Å². The van der Waals surface area contributed by atoms with Crippen molar-refractivity contribution in [1.82, 2.24) is 4.72 Å². The molecule has 0 fully saturated rings. The topological polar surface area (TPSA) is 66.4 Å². The van der Waals surface area contributed by atoms with Gasteiger partial charge in [0.05, 0.1) is 4.34 Å². The lowest BCUT2D eigenvalue weighted by molar-refractivity contribution is 0.289. The molecule has 0 aliphatic heterocycles. The van der Waals surface area contributed by atoms with Crippen LogP contribution in [0.25, 0.3) is 0 Å². The van der Waals surface area contributed by atoms with E-state index < -0.39 is 10.0 Å². The quantitative estimate of drug-likeness (QED) is 0.774. The van der Waals surface area contributed by atoms with E-state index in [-0.39, 0.29) is 17.4 Å². The van der Waals surface area contributed by atoms with Gasteiger partial charge in [-0.2, -0.15) is 0 Å². The number of hydrogen-bond donors (Lipinski definition) is 2. The van der Waals surface area contributed by atoms with Gasteiger partial charge in [0.2, 0.25) is 10.0 Å². The van der Waals surface area contributed by atoms with Gasteiger partial charge in [-0.1, -0.05) is 11.6 Å². The van der Waals surface area contributed by atoms with Crippen LogP contribution in [0, 0.1) is 0 Å². The first-order valence-corrected chi connectivity index (χ1v) is 6.60. The summed E-state index contributed by atoms with van der Waals surface area (Å²) in [5.74, 6) is 0. The second-order valence-corrected chi connectivity index (χ2v) is 6.24. The SMILES string of the molecule is O=S(=O)(NCCCO)c1ccc(Cl)s1. The normalized spacial score (nSPS) is 11.9. The first-order valence-electron chi connectivity index (χ1n) is 3.92. The molecular formula is C7H10ClNO3S2. The second kappa shape index (κ2) is 5.09. The molecule has 4 nitrogen and oxygen atoms in total. The summed E-state index contributed by atoms with van der Waals surface area (Å²) in [6.45, 7) is 0.196. The van der Waals surface area contributed by atoms with Gasteiger partial charge in [0.25, 0.3) is 0 Å². The molecule has 0 bridgehead atoms. The molecule has 0 radical (unpaired) electrons. The Morgan fingerprint density at radius 3 is 2.71 bits per heavy atom. The molecule has 0 saturated heterocycles. The van der Waals surface area contributed by atoms with Crippen LogP contribution in [0.15, 0.2) is 16.3 Å². The minimum atomic E-state index is -3.44. The number of thiophene rings is 1. The highest BCUT2D eigenvalue weighted by molar-refractivity contribution is 7.91. The van der Waals surface area contributed by atoms with Crippen LogP contribution in [0.1, 0.15) is 6.42 Å². The first kappa shape index (κ1) is 11.9. The van der Waals surface area contributed by atoms with E-state index in [2.05, 4.69) is 4.72 Å². The second-order valence-electron chi connectivity index (χ2n) is 2.53. The average molecular weight is 256 g/mol. The van der Waals surface area contributed by atoms with E-state index in [4.69, 9.17) is 16.7 Å². The molecule has 1 aromatic heterocycles. The Bertz CT molecular complexity index is 387. The number of hydrogen-bond acceptors (Lipinski definition) is 4. The summed E-state index contributed by atoms with van der Waals surface area (Å²) < 4.78 is 25.9. The minimum Gasteiger partial charge on any atom is -0.396 e. The summed E-state index contributed by atoms with van der Waals surface area (Å²) in [5.41, 5.74) is 0. The van der Waals surface area contributed by atoms with Crippen molar-refractivity contribution in [2.45, 2.75) is 10.6 Å². The Kier molecular flexibility index (Phi) is 4.33. The highest BCUT2D eigenvalue weighted by Gasteiger charge is 2.15. The Hall–Kier alpha value is -0.140. The fraction of sp³-hybridized carbons (Fsp3) is 0.429. The highest BCUT2D eigenvalue weighted by atomic mass is 35.5. The summed E-state index contributed by atoms with van der Waals surface area (Å²) in [6, 6.07) is 2.99. The van der Waals surface area contributed by atoms with Crippen LogP contribution in [-0.4, -0.2) is 26.7 Å². The smallest absolute Gasteiger partial charge is 0.250 e. The molecule has 0 amide bonds. The summed E-state index contributed by atoms with van der Waals surface area (Å²) in [6.07, 6.45) is 0.401. The van der Waals surface area contributed by atoms with Crippen LogP contribution < -0.4 is 4.72 Å². The Morgan fingerprint density at radius 1 is 1.50 bits per heavy atom. The van der Waals surface area contributed by atoms with E-state index in [0.29, 0.717) is 10.8 Å². The van der Waals surface area contributed by atoms with Gasteiger partial charge in [-0.05, 0) is 18.6 Å². The molecule has 0 unspecified atom stereocenters. The third-order valence-corrected chi connectivity index (χ3v) is 4.62. The molecule has 2 N–H and O–H groups in total. The van der Waals surface area contributed by atoms with Crippen LogP contribution in [0.5, 0.6) is 0 Å². The van der Waals surface area contributed by atoms with Gasteiger partial charge in [0, 0.05) is 13.2 Å². The number of halogens is 1. The molecule has 0 aromatic carbocycles. The molecule has 0 atom stereocenters. The predicted molar refractivity (Wildman–Crippen MR) is 56.2 cm³/mol. The van der Waals surface area contributed by atoms with E-state index in [0.717, 1.165) is 11.3 Å². The lowest BCUT2D eigenvalue weighted by Gasteiger charge is -2.02. The van der Waals surface area contributed by atoms with E-state index >= 15 is 0 Å². The molecule has 7 heteroatoms. The van der Waals surface area contributed by atoms with Crippen LogP contribution in [0.4, 0.5) is 0 Å². The van der Waals surface area contributed by atoms with Gasteiger partial charge < -0.3 is 5.11 Å². The number of aliphatic hydroxyl groups is 1. The Labute approximate surface area is 91.6 Å². The van der Waals surface area contributed by atoms with Crippen molar-refractivity contribution < 1.29 is 13.5 Å². The largest absolute Gasteiger partial charge is 0.396 e. The fourth-order valence-corrected chi connectivity index (χ4v) is 3.40. The zero-order valence-corrected chi connectivity index (χ0v) is 9.62. The van der Waals surface area contributed by atoms with Crippen molar-refractivity contribution in [1.29, 1.82) is 0 Å². The summed E-state index contributed by atoms with van der Waals surface area (Å²) >= 11 is 6.62. The van der Waals surface area contributed by atoms with Crippen molar-refractivity contribution in [2.24, 2.45) is 0 Å². The molecule has 80 valence electrons. The monoisotopic (exact) mass is 255 g/mol. The number of nitrogens with one attached hydrogen (secondary N) is 1. The number of rotatable bonds is 5. The summed E-state index contributed by atoms with van der Waals surface area (Å²) in [4.78, 5) is 0. The van der Waals surface area contributed by atoms with Crippen molar-refractivity contribution in [2.75, 3.05) is 13.2 Å². The van der Waals surface area contributed by atoms with Crippen molar-refractivity contribution in [3.63, 3.8) is 0 Å². The van der Waals surface area contributed by atoms with Crippen LogP contribution in [0.2, 0.25) is 4.34 Å². The minimum absolute atomic E-state index is 0.0340. The van der Waals surface area contributed by atoms with Gasteiger partial charge in [-0.25, -0.2) is 13.1 Å². The zero-order chi connectivity index (χ0) is 10.6. The average Bonchev–Trinajstić information content (AvgIpc) is 2.53. The Morgan fingerprint density at radius 2 is 2.21 bits per heavy atom. The summed E-state index contributed by atoms with van der Waals surface area (Å²) in [7, 11) is -3.44. The number of aliphatic hydroxyl groups excluding tert-OH is 1. The maximum atomic E-state index is 11.5. The maximum Gasteiger partial charge on any atom is 0.250 e. The van der Waals surface area contributed by atoms with Gasteiger partial charge in [0.15, 0.2) is 0 Å². The predicted octanol–water partition coefficient (Wildman–Crippen LogP) is 1.06. The molecule has 1 aromatic rings. The fourth-order valence-electron chi connectivity index (χ4n) is 0.799. The molecule has 1 heterocycles. The molecule has 0 aliphatic rings. The van der Waals surface area contributed by atoms with Crippen LogP contribution in [-0.2, 0) is 10.0 Å². The first-order chi connectivity index (χ1) is 6.56. The molecule has 0 aliphatic carbocycles.